The average molecular weight is 297 g/mol. The molecule has 124 valence electrons. The molecule has 1 unspecified atom stereocenters. The second-order valence-electron chi connectivity index (χ2n) is 6.39. The molecule has 1 aliphatic rings. The Morgan fingerprint density at radius 1 is 1.24 bits per heavy atom. The molecule has 1 aliphatic heterocycles. The van der Waals surface area contributed by atoms with E-state index < -0.39 is 0 Å². The van der Waals surface area contributed by atoms with Crippen LogP contribution in [-0.4, -0.2) is 62.0 Å². The third-order valence-corrected chi connectivity index (χ3v) is 4.37. The maximum Gasteiger partial charge on any atom is 0.236 e. The molecule has 1 rings (SSSR count). The summed E-state index contributed by atoms with van der Waals surface area (Å²) in [7, 11) is 2.02. The molecule has 1 saturated heterocycles. The van der Waals surface area contributed by atoms with Crippen LogP contribution < -0.4 is 5.32 Å². The molecule has 1 atom stereocenters. The van der Waals surface area contributed by atoms with E-state index >= 15 is 0 Å². The molecule has 0 aromatic rings. The first-order valence-corrected chi connectivity index (χ1v) is 8.85. The Kier molecular flexibility index (Phi) is 9.68. The molecule has 1 heterocycles. The van der Waals surface area contributed by atoms with E-state index in [1.807, 2.05) is 7.05 Å². The number of hydrogen-bond acceptors (Lipinski definition) is 3. The van der Waals surface area contributed by atoms with Gasteiger partial charge in [0.15, 0.2) is 0 Å². The van der Waals surface area contributed by atoms with E-state index in [4.69, 9.17) is 0 Å². The van der Waals surface area contributed by atoms with Gasteiger partial charge in [-0.1, -0.05) is 26.7 Å². The lowest BCUT2D eigenvalue weighted by Gasteiger charge is -2.34. The van der Waals surface area contributed by atoms with E-state index in [0.29, 0.717) is 18.4 Å². The lowest BCUT2D eigenvalue weighted by molar-refractivity contribution is -0.133. The smallest absolute Gasteiger partial charge is 0.236 e. The van der Waals surface area contributed by atoms with Gasteiger partial charge in [-0.3, -0.25) is 9.69 Å². The summed E-state index contributed by atoms with van der Waals surface area (Å²) in [5.74, 6) is 1.04. The molecule has 0 saturated carbocycles. The van der Waals surface area contributed by atoms with Gasteiger partial charge in [0.1, 0.15) is 0 Å². The van der Waals surface area contributed by atoms with Gasteiger partial charge in [-0.15, -0.1) is 0 Å². The Balaban J connectivity index is 2.42. The zero-order valence-corrected chi connectivity index (χ0v) is 14.4. The first kappa shape index (κ1) is 18.4. The highest BCUT2D eigenvalue weighted by Gasteiger charge is 2.23. The van der Waals surface area contributed by atoms with Crippen molar-refractivity contribution >= 4 is 5.91 Å². The van der Waals surface area contributed by atoms with Gasteiger partial charge >= 0.3 is 0 Å². The molecular formula is C17H35N3O. The van der Waals surface area contributed by atoms with E-state index in [2.05, 4.69) is 29.0 Å². The predicted octanol–water partition coefficient (Wildman–Crippen LogP) is 2.35. The fourth-order valence-electron chi connectivity index (χ4n) is 3.10. The van der Waals surface area contributed by atoms with Crippen molar-refractivity contribution in [3.63, 3.8) is 0 Å². The normalized spacial score (nSPS) is 19.7. The number of amides is 1. The van der Waals surface area contributed by atoms with Crippen molar-refractivity contribution in [2.45, 2.75) is 52.4 Å². The predicted molar refractivity (Wildman–Crippen MR) is 89.5 cm³/mol. The van der Waals surface area contributed by atoms with Gasteiger partial charge in [0.2, 0.25) is 5.91 Å². The molecule has 0 spiro atoms. The molecule has 1 amide bonds. The molecule has 1 N–H and O–H groups in total. The van der Waals surface area contributed by atoms with Gasteiger partial charge < -0.3 is 10.2 Å². The van der Waals surface area contributed by atoms with Crippen molar-refractivity contribution < 1.29 is 4.79 Å². The van der Waals surface area contributed by atoms with Gasteiger partial charge in [-0.05, 0) is 51.7 Å². The van der Waals surface area contributed by atoms with Crippen molar-refractivity contribution in [2.24, 2.45) is 5.92 Å². The highest BCUT2D eigenvalue weighted by molar-refractivity contribution is 5.78. The minimum atomic E-state index is 0.335. The first-order chi connectivity index (χ1) is 10.2. The summed E-state index contributed by atoms with van der Waals surface area (Å²) in [6, 6.07) is 0. The Morgan fingerprint density at radius 3 is 2.48 bits per heavy atom. The van der Waals surface area contributed by atoms with Gasteiger partial charge in [0.05, 0.1) is 6.54 Å². The second-order valence-corrected chi connectivity index (χ2v) is 6.39. The molecular weight excluding hydrogens is 262 g/mol. The van der Waals surface area contributed by atoms with Crippen LogP contribution in [0.5, 0.6) is 0 Å². The van der Waals surface area contributed by atoms with Crippen molar-refractivity contribution in [1.29, 1.82) is 0 Å². The number of carbonyl (C=O) groups is 1. The zero-order valence-electron chi connectivity index (χ0n) is 14.4. The quantitative estimate of drug-likeness (QED) is 0.672. The minimum Gasteiger partial charge on any atom is -0.342 e. The number of unbranched alkanes of at least 4 members (excludes halogenated alkanes) is 2. The van der Waals surface area contributed by atoms with Crippen LogP contribution in [0.1, 0.15) is 52.4 Å². The molecule has 1 fully saturated rings. The molecule has 4 nitrogen and oxygen atoms in total. The van der Waals surface area contributed by atoms with Gasteiger partial charge in [-0.25, -0.2) is 0 Å². The van der Waals surface area contributed by atoms with Crippen LogP contribution in [0.4, 0.5) is 0 Å². The van der Waals surface area contributed by atoms with Crippen molar-refractivity contribution in [3.8, 4) is 0 Å². The summed E-state index contributed by atoms with van der Waals surface area (Å²) in [6.07, 6.45) is 7.08. The monoisotopic (exact) mass is 297 g/mol. The van der Waals surface area contributed by atoms with Crippen LogP contribution in [-0.2, 0) is 4.79 Å². The summed E-state index contributed by atoms with van der Waals surface area (Å²) in [5, 5.41) is 3.27. The number of nitrogens with zero attached hydrogens (tertiary/aromatic N) is 2. The Morgan fingerprint density at radius 2 is 1.90 bits per heavy atom. The largest absolute Gasteiger partial charge is 0.342 e. The minimum absolute atomic E-state index is 0.335. The number of piperidine rings is 1. The van der Waals surface area contributed by atoms with Crippen molar-refractivity contribution in [2.75, 3.05) is 46.3 Å². The summed E-state index contributed by atoms with van der Waals surface area (Å²) in [6.45, 7) is 10.1. The van der Waals surface area contributed by atoms with Gasteiger partial charge in [-0.2, -0.15) is 0 Å². The molecule has 0 aliphatic carbocycles. The maximum absolute atomic E-state index is 12.6. The fraction of sp³-hybridized carbons (Fsp3) is 0.941. The van der Waals surface area contributed by atoms with Crippen LogP contribution in [0.2, 0.25) is 0 Å². The zero-order chi connectivity index (χ0) is 15.5. The third-order valence-electron chi connectivity index (χ3n) is 4.37. The van der Waals surface area contributed by atoms with Crippen molar-refractivity contribution in [1.82, 2.24) is 15.1 Å². The van der Waals surface area contributed by atoms with E-state index in [9.17, 15) is 4.79 Å². The molecule has 4 heteroatoms. The maximum atomic E-state index is 12.6. The first-order valence-electron chi connectivity index (χ1n) is 8.85. The number of rotatable bonds is 10. The van der Waals surface area contributed by atoms with Gasteiger partial charge in [0.25, 0.3) is 0 Å². The lowest BCUT2D eigenvalue weighted by atomic mass is 9.98. The topological polar surface area (TPSA) is 35.6 Å². The van der Waals surface area contributed by atoms with E-state index in [1.165, 1.54) is 12.8 Å². The van der Waals surface area contributed by atoms with E-state index in [1.54, 1.807) is 0 Å². The summed E-state index contributed by atoms with van der Waals surface area (Å²) >= 11 is 0. The van der Waals surface area contributed by atoms with Crippen molar-refractivity contribution in [3.05, 3.63) is 0 Å². The van der Waals surface area contributed by atoms with E-state index in [-0.39, 0.29) is 0 Å². The Labute approximate surface area is 131 Å². The number of nitrogens with one attached hydrogen (secondary N) is 1. The molecule has 0 bridgehead atoms. The van der Waals surface area contributed by atoms with Crippen LogP contribution >= 0.6 is 0 Å². The fourth-order valence-corrected chi connectivity index (χ4v) is 3.10. The summed E-state index contributed by atoms with van der Waals surface area (Å²) < 4.78 is 0. The van der Waals surface area contributed by atoms with Gasteiger partial charge in [0, 0.05) is 19.6 Å². The average Bonchev–Trinajstić information content (AvgIpc) is 2.48. The van der Waals surface area contributed by atoms with Crippen LogP contribution in [0, 0.1) is 5.92 Å². The highest BCUT2D eigenvalue weighted by Crippen LogP contribution is 2.15. The third kappa shape index (κ3) is 7.28. The summed E-state index contributed by atoms with van der Waals surface area (Å²) in [4.78, 5) is 17.0. The molecule has 0 aromatic heterocycles. The van der Waals surface area contributed by atoms with Crippen LogP contribution in [0.3, 0.4) is 0 Å². The Bertz CT molecular complexity index is 273. The number of hydrogen-bond donors (Lipinski definition) is 1. The molecule has 0 radical (unpaired) electrons. The standard InChI is InChI=1S/C17H35N3O/c1-4-6-11-20(12-7-5-2)17(21)15-19-10-8-9-16(14-19)13-18-3/h16,18H,4-15H2,1-3H3. The van der Waals surface area contributed by atoms with Crippen LogP contribution in [0.25, 0.3) is 0 Å². The molecule has 0 aromatic carbocycles. The highest BCUT2D eigenvalue weighted by atomic mass is 16.2. The molecule has 21 heavy (non-hydrogen) atoms. The second kappa shape index (κ2) is 11.0. The van der Waals surface area contributed by atoms with E-state index in [0.717, 1.165) is 58.4 Å². The lowest BCUT2D eigenvalue weighted by Crippen LogP contribution is -2.46. The Hall–Kier alpha value is -0.610. The number of carbonyl (C=O) groups excluding carboxylic acids is 1. The SMILES string of the molecule is CCCCN(CCCC)C(=O)CN1CCCC(CNC)C1. The van der Waals surface area contributed by atoms with Crippen LogP contribution in [0.15, 0.2) is 0 Å². The summed E-state index contributed by atoms with van der Waals surface area (Å²) in [5.41, 5.74) is 0. The number of likely N-dealkylation sites (tertiary alicyclic amines) is 1.